The van der Waals surface area contributed by atoms with Crippen molar-refractivity contribution in [2.75, 3.05) is 29.0 Å². The molecule has 0 bridgehead atoms. The topological polar surface area (TPSA) is 96.3 Å². The first kappa shape index (κ1) is 23.5. The third kappa shape index (κ3) is 4.88. The number of nitrogens with one attached hydrogen (secondary N) is 1. The second-order valence-corrected chi connectivity index (χ2v) is 9.99. The van der Waals surface area contributed by atoms with Crippen LogP contribution in [0.15, 0.2) is 85.1 Å². The average Bonchev–Trinajstić information content (AvgIpc) is 3.18. The SMILES string of the molecule is Nc1ncccc1C1Nc2ccc(-c3ccccc3)nc2N1c1ccc(CN2CCCCC(N)C2)cc1. The van der Waals surface area contributed by atoms with Gasteiger partial charge >= 0.3 is 0 Å². The first-order valence-electron chi connectivity index (χ1n) is 13.1. The largest absolute Gasteiger partial charge is 0.383 e. The molecule has 1 fully saturated rings. The van der Waals surface area contributed by atoms with Crippen LogP contribution < -0.4 is 21.7 Å². The van der Waals surface area contributed by atoms with Gasteiger partial charge in [-0.2, -0.15) is 0 Å². The fourth-order valence-electron chi connectivity index (χ4n) is 5.42. The molecule has 2 aromatic carbocycles. The van der Waals surface area contributed by atoms with Crippen molar-refractivity contribution in [3.05, 3.63) is 96.2 Å². The summed E-state index contributed by atoms with van der Waals surface area (Å²) in [7, 11) is 0. The molecule has 188 valence electrons. The first-order valence-corrected chi connectivity index (χ1v) is 13.1. The molecule has 0 amide bonds. The lowest BCUT2D eigenvalue weighted by molar-refractivity contribution is 0.265. The highest BCUT2D eigenvalue weighted by atomic mass is 15.4. The number of likely N-dealkylation sites (tertiary alicyclic amines) is 1. The molecule has 4 aromatic rings. The quantitative estimate of drug-likeness (QED) is 0.348. The van der Waals surface area contributed by atoms with E-state index in [1.165, 1.54) is 18.4 Å². The van der Waals surface area contributed by atoms with E-state index in [2.05, 4.69) is 68.6 Å². The maximum absolute atomic E-state index is 6.33. The Kier molecular flexibility index (Phi) is 6.47. The number of nitrogens with zero attached hydrogens (tertiary/aromatic N) is 4. The van der Waals surface area contributed by atoms with Crippen molar-refractivity contribution in [3.8, 4) is 11.3 Å². The Hall–Kier alpha value is -3.94. The molecule has 1 saturated heterocycles. The van der Waals surface area contributed by atoms with Crippen LogP contribution in [0.25, 0.3) is 11.3 Å². The number of fused-ring (bicyclic) bond motifs is 1. The fourth-order valence-corrected chi connectivity index (χ4v) is 5.42. The standard InChI is InChI=1S/C30H33N7/c31-23-9-4-5-18-36(20-23)19-21-11-13-24(14-12-21)37-29(25-10-6-17-33-28(25)32)35-27-16-15-26(34-30(27)37)22-7-2-1-3-8-22/h1-3,6-8,10-17,23,29,35H,4-5,9,18-20,31H2,(H2,32,33). The van der Waals surface area contributed by atoms with Crippen molar-refractivity contribution >= 4 is 23.0 Å². The molecule has 2 aliphatic heterocycles. The lowest BCUT2D eigenvalue weighted by Crippen LogP contribution is -2.35. The molecular weight excluding hydrogens is 458 g/mol. The Balaban J connectivity index is 1.35. The Labute approximate surface area is 218 Å². The number of hydrogen-bond donors (Lipinski definition) is 3. The summed E-state index contributed by atoms with van der Waals surface area (Å²) >= 11 is 0. The molecule has 7 nitrogen and oxygen atoms in total. The van der Waals surface area contributed by atoms with Gasteiger partial charge in [-0.15, -0.1) is 0 Å². The summed E-state index contributed by atoms with van der Waals surface area (Å²) in [6.07, 6.45) is 5.06. The molecule has 2 atom stereocenters. The molecule has 0 aliphatic carbocycles. The smallest absolute Gasteiger partial charge is 0.159 e. The molecule has 2 aliphatic rings. The highest BCUT2D eigenvalue weighted by Gasteiger charge is 2.34. The number of anilines is 4. The lowest BCUT2D eigenvalue weighted by Gasteiger charge is -2.28. The van der Waals surface area contributed by atoms with Crippen molar-refractivity contribution in [1.82, 2.24) is 14.9 Å². The van der Waals surface area contributed by atoms with E-state index in [4.69, 9.17) is 16.5 Å². The zero-order chi connectivity index (χ0) is 25.2. The van der Waals surface area contributed by atoms with Gasteiger partial charge in [0.2, 0.25) is 0 Å². The van der Waals surface area contributed by atoms with Crippen molar-refractivity contribution in [1.29, 1.82) is 0 Å². The predicted octanol–water partition coefficient (Wildman–Crippen LogP) is 5.30. The number of nitrogens with two attached hydrogens (primary N) is 2. The molecule has 0 saturated carbocycles. The molecule has 2 aromatic heterocycles. The van der Waals surface area contributed by atoms with Crippen LogP contribution in [0.1, 0.15) is 36.6 Å². The van der Waals surface area contributed by atoms with Gasteiger partial charge in [-0.3, -0.25) is 9.80 Å². The number of pyridine rings is 2. The van der Waals surface area contributed by atoms with Crippen LogP contribution in [-0.4, -0.2) is 34.0 Å². The van der Waals surface area contributed by atoms with E-state index in [0.29, 0.717) is 5.82 Å². The average molecular weight is 492 g/mol. The van der Waals surface area contributed by atoms with Crippen LogP contribution in [-0.2, 0) is 6.54 Å². The number of aromatic nitrogens is 2. The van der Waals surface area contributed by atoms with E-state index < -0.39 is 0 Å². The van der Waals surface area contributed by atoms with Gasteiger partial charge in [-0.1, -0.05) is 48.9 Å². The van der Waals surface area contributed by atoms with Crippen LogP contribution in [0, 0.1) is 0 Å². The third-order valence-electron chi connectivity index (χ3n) is 7.30. The number of nitrogen functional groups attached to an aromatic ring is 1. The molecule has 2 unspecified atom stereocenters. The number of hydrogen-bond acceptors (Lipinski definition) is 7. The van der Waals surface area contributed by atoms with Gasteiger partial charge in [0.05, 0.1) is 11.4 Å². The minimum absolute atomic E-state index is 0.211. The van der Waals surface area contributed by atoms with Gasteiger partial charge in [0.15, 0.2) is 5.82 Å². The summed E-state index contributed by atoms with van der Waals surface area (Å²) in [6.45, 7) is 2.98. The summed E-state index contributed by atoms with van der Waals surface area (Å²) in [5.41, 5.74) is 18.9. The normalized spacial score (nSPS) is 19.8. The minimum Gasteiger partial charge on any atom is -0.383 e. The van der Waals surface area contributed by atoms with Crippen LogP contribution >= 0.6 is 0 Å². The van der Waals surface area contributed by atoms with Crippen molar-refractivity contribution in [2.24, 2.45) is 5.73 Å². The third-order valence-corrected chi connectivity index (χ3v) is 7.30. The highest BCUT2D eigenvalue weighted by Crippen LogP contribution is 2.46. The lowest BCUT2D eigenvalue weighted by atomic mass is 10.1. The Morgan fingerprint density at radius 2 is 1.76 bits per heavy atom. The summed E-state index contributed by atoms with van der Waals surface area (Å²) in [4.78, 5) is 14.2. The maximum atomic E-state index is 6.33. The molecule has 37 heavy (non-hydrogen) atoms. The Bertz CT molecular complexity index is 1360. The Morgan fingerprint density at radius 1 is 0.919 bits per heavy atom. The van der Waals surface area contributed by atoms with Crippen LogP contribution in [0.4, 0.5) is 23.0 Å². The predicted molar refractivity (Wildman–Crippen MR) is 150 cm³/mol. The number of rotatable bonds is 5. The summed E-state index contributed by atoms with van der Waals surface area (Å²) in [5, 5.41) is 3.63. The Morgan fingerprint density at radius 3 is 2.57 bits per heavy atom. The minimum atomic E-state index is -0.211. The van der Waals surface area contributed by atoms with Gasteiger partial charge in [0, 0.05) is 42.1 Å². The second-order valence-electron chi connectivity index (χ2n) is 9.99. The molecule has 5 N–H and O–H groups in total. The zero-order valence-electron chi connectivity index (χ0n) is 20.9. The zero-order valence-corrected chi connectivity index (χ0v) is 20.9. The van der Waals surface area contributed by atoms with E-state index in [9.17, 15) is 0 Å². The summed E-state index contributed by atoms with van der Waals surface area (Å²) in [6, 6.07) is 27.4. The van der Waals surface area contributed by atoms with Crippen molar-refractivity contribution in [2.45, 2.75) is 38.0 Å². The van der Waals surface area contributed by atoms with E-state index in [0.717, 1.165) is 60.1 Å². The monoisotopic (exact) mass is 491 g/mol. The van der Waals surface area contributed by atoms with Crippen molar-refractivity contribution in [3.63, 3.8) is 0 Å². The van der Waals surface area contributed by atoms with E-state index in [-0.39, 0.29) is 12.2 Å². The van der Waals surface area contributed by atoms with E-state index in [1.807, 2.05) is 30.3 Å². The first-order chi connectivity index (χ1) is 18.2. The molecular formula is C30H33N7. The van der Waals surface area contributed by atoms with Crippen LogP contribution in [0.5, 0.6) is 0 Å². The van der Waals surface area contributed by atoms with Gasteiger partial charge in [0.25, 0.3) is 0 Å². The van der Waals surface area contributed by atoms with Gasteiger partial charge < -0.3 is 16.8 Å². The maximum Gasteiger partial charge on any atom is 0.159 e. The highest BCUT2D eigenvalue weighted by molar-refractivity contribution is 5.83. The van der Waals surface area contributed by atoms with E-state index in [1.54, 1.807) is 6.20 Å². The van der Waals surface area contributed by atoms with Gasteiger partial charge in [0.1, 0.15) is 12.0 Å². The van der Waals surface area contributed by atoms with Crippen molar-refractivity contribution < 1.29 is 0 Å². The van der Waals surface area contributed by atoms with Gasteiger partial charge in [-0.25, -0.2) is 9.97 Å². The summed E-state index contributed by atoms with van der Waals surface area (Å²) in [5.74, 6) is 1.39. The number of benzene rings is 2. The van der Waals surface area contributed by atoms with Crippen LogP contribution in [0.2, 0.25) is 0 Å². The second kappa shape index (κ2) is 10.2. The molecule has 0 spiro atoms. The van der Waals surface area contributed by atoms with E-state index >= 15 is 0 Å². The fraction of sp³-hybridized carbons (Fsp3) is 0.267. The summed E-state index contributed by atoms with van der Waals surface area (Å²) < 4.78 is 0. The molecule has 0 radical (unpaired) electrons. The van der Waals surface area contributed by atoms with Gasteiger partial charge in [-0.05, 0) is 61.3 Å². The molecule has 4 heterocycles. The molecule has 6 rings (SSSR count). The van der Waals surface area contributed by atoms with Crippen LogP contribution in [0.3, 0.4) is 0 Å². The molecule has 7 heteroatoms.